The van der Waals surface area contributed by atoms with E-state index in [1.54, 1.807) is 6.20 Å². The van der Waals surface area contributed by atoms with Gasteiger partial charge < -0.3 is 4.90 Å². The average Bonchev–Trinajstić information content (AvgIpc) is 2.63. The second-order valence-electron chi connectivity index (χ2n) is 4.80. The van der Waals surface area contributed by atoms with E-state index in [-0.39, 0.29) is 0 Å². The molecule has 3 nitrogen and oxygen atoms in total. The van der Waals surface area contributed by atoms with Crippen LogP contribution < -0.4 is 4.90 Å². The lowest BCUT2D eigenvalue weighted by molar-refractivity contribution is 0.112. The van der Waals surface area contributed by atoms with Gasteiger partial charge in [-0.3, -0.25) is 4.79 Å². The summed E-state index contributed by atoms with van der Waals surface area (Å²) in [4.78, 5) is 17.5. The lowest BCUT2D eigenvalue weighted by Gasteiger charge is -2.23. The molecule has 1 saturated heterocycles. The lowest BCUT2D eigenvalue weighted by atomic mass is 10.2. The molecule has 1 fully saturated rings. The molecule has 1 aliphatic rings. The van der Waals surface area contributed by atoms with Crippen molar-refractivity contribution in [2.24, 2.45) is 0 Å². The molecule has 2 heterocycles. The molecule has 18 heavy (non-hydrogen) atoms. The Morgan fingerprint density at radius 1 is 1.44 bits per heavy atom. The van der Waals surface area contributed by atoms with Crippen LogP contribution in [0.1, 0.15) is 35.2 Å². The number of nitrogens with zero attached hydrogens (tertiary/aromatic N) is 2. The molecule has 0 amide bonds. The zero-order valence-corrected chi connectivity index (χ0v) is 11.9. The summed E-state index contributed by atoms with van der Waals surface area (Å²) >= 11 is 1.97. The maximum absolute atomic E-state index is 10.7. The van der Waals surface area contributed by atoms with Gasteiger partial charge in [0.05, 0.1) is 0 Å². The largest absolute Gasteiger partial charge is 0.356 e. The maximum Gasteiger partial charge on any atom is 0.151 e. The third kappa shape index (κ3) is 3.05. The van der Waals surface area contributed by atoms with Crippen molar-refractivity contribution in [3.63, 3.8) is 0 Å². The highest BCUT2D eigenvalue weighted by Gasteiger charge is 2.18. The topological polar surface area (TPSA) is 33.2 Å². The Morgan fingerprint density at radius 2 is 2.28 bits per heavy atom. The van der Waals surface area contributed by atoms with Crippen LogP contribution in [0.5, 0.6) is 0 Å². The van der Waals surface area contributed by atoms with Gasteiger partial charge in [0, 0.05) is 30.1 Å². The number of pyridine rings is 1. The molecule has 0 radical (unpaired) electrons. The van der Waals surface area contributed by atoms with E-state index in [9.17, 15) is 4.79 Å². The van der Waals surface area contributed by atoms with Gasteiger partial charge in [-0.2, -0.15) is 11.8 Å². The zero-order chi connectivity index (χ0) is 13.0. The predicted octanol–water partition coefficient (Wildman–Crippen LogP) is 2.92. The van der Waals surface area contributed by atoms with E-state index in [0.717, 1.165) is 36.0 Å². The molecule has 1 aromatic rings. The van der Waals surface area contributed by atoms with Crippen molar-refractivity contribution in [3.8, 4) is 0 Å². The summed E-state index contributed by atoms with van der Waals surface area (Å²) in [6.45, 7) is 4.18. The molecular weight excluding hydrogens is 244 g/mol. The van der Waals surface area contributed by atoms with Gasteiger partial charge in [0.1, 0.15) is 5.82 Å². The SMILES string of the molecule is CSC1CCCN(c2ncc(C=O)cc2C)CC1. The Kier molecular flexibility index (Phi) is 4.64. The number of hydrogen-bond acceptors (Lipinski definition) is 4. The number of rotatable bonds is 3. The van der Waals surface area contributed by atoms with E-state index in [4.69, 9.17) is 0 Å². The zero-order valence-electron chi connectivity index (χ0n) is 11.1. The van der Waals surface area contributed by atoms with Gasteiger partial charge in [-0.15, -0.1) is 0 Å². The average molecular weight is 264 g/mol. The number of hydrogen-bond donors (Lipinski definition) is 0. The number of thioether (sulfide) groups is 1. The van der Waals surface area contributed by atoms with Crippen molar-refractivity contribution in [2.45, 2.75) is 31.4 Å². The van der Waals surface area contributed by atoms with Crippen LogP contribution in [0, 0.1) is 6.92 Å². The first kappa shape index (κ1) is 13.4. The molecule has 0 bridgehead atoms. The van der Waals surface area contributed by atoms with E-state index in [1.807, 2.05) is 24.8 Å². The normalized spacial score (nSPS) is 20.6. The van der Waals surface area contributed by atoms with Crippen LogP contribution in [0.4, 0.5) is 5.82 Å². The number of anilines is 1. The molecule has 0 aliphatic carbocycles. The van der Waals surface area contributed by atoms with E-state index in [0.29, 0.717) is 5.56 Å². The summed E-state index contributed by atoms with van der Waals surface area (Å²) < 4.78 is 0. The fourth-order valence-electron chi connectivity index (χ4n) is 2.50. The summed E-state index contributed by atoms with van der Waals surface area (Å²) in [5.41, 5.74) is 1.76. The highest BCUT2D eigenvalue weighted by molar-refractivity contribution is 7.99. The third-order valence-electron chi connectivity index (χ3n) is 3.52. The van der Waals surface area contributed by atoms with Gasteiger partial charge in [0.15, 0.2) is 6.29 Å². The smallest absolute Gasteiger partial charge is 0.151 e. The third-order valence-corrected chi connectivity index (χ3v) is 4.65. The molecule has 0 aromatic carbocycles. The summed E-state index contributed by atoms with van der Waals surface area (Å²) in [5, 5.41) is 0.782. The molecule has 2 rings (SSSR count). The number of carbonyl (C=O) groups excluding carboxylic acids is 1. The molecule has 0 N–H and O–H groups in total. The van der Waals surface area contributed by atoms with Crippen molar-refractivity contribution < 1.29 is 4.79 Å². The van der Waals surface area contributed by atoms with Crippen LogP contribution in [0.25, 0.3) is 0 Å². The quantitative estimate of drug-likeness (QED) is 0.786. The Hall–Kier alpha value is -1.03. The summed E-state index contributed by atoms with van der Waals surface area (Å²) in [7, 11) is 0. The van der Waals surface area contributed by atoms with Crippen LogP contribution in [0.15, 0.2) is 12.3 Å². The molecule has 1 aromatic heterocycles. The van der Waals surface area contributed by atoms with Crippen LogP contribution in [0.2, 0.25) is 0 Å². The monoisotopic (exact) mass is 264 g/mol. The van der Waals surface area contributed by atoms with Gasteiger partial charge in [-0.1, -0.05) is 0 Å². The Bertz CT molecular complexity index is 422. The summed E-state index contributed by atoms with van der Waals surface area (Å²) in [6.07, 6.45) is 8.47. The van der Waals surface area contributed by atoms with Gasteiger partial charge in [-0.05, 0) is 44.1 Å². The van der Waals surface area contributed by atoms with Crippen molar-refractivity contribution in [3.05, 3.63) is 23.4 Å². The fraction of sp³-hybridized carbons (Fsp3) is 0.571. The second-order valence-corrected chi connectivity index (χ2v) is 5.94. The minimum Gasteiger partial charge on any atom is -0.356 e. The fourth-order valence-corrected chi connectivity index (χ4v) is 3.24. The molecule has 0 spiro atoms. The number of aryl methyl sites for hydroxylation is 1. The highest BCUT2D eigenvalue weighted by atomic mass is 32.2. The van der Waals surface area contributed by atoms with Crippen LogP contribution in [-0.4, -0.2) is 35.9 Å². The second kappa shape index (κ2) is 6.23. The summed E-state index contributed by atoms with van der Waals surface area (Å²) in [5.74, 6) is 1.04. The van der Waals surface area contributed by atoms with Gasteiger partial charge in [0.25, 0.3) is 0 Å². The minimum atomic E-state index is 0.660. The Morgan fingerprint density at radius 3 is 2.94 bits per heavy atom. The highest BCUT2D eigenvalue weighted by Crippen LogP contribution is 2.25. The first-order valence-electron chi connectivity index (χ1n) is 6.44. The van der Waals surface area contributed by atoms with E-state index in [2.05, 4.69) is 16.1 Å². The van der Waals surface area contributed by atoms with Gasteiger partial charge in [-0.25, -0.2) is 4.98 Å². The first-order valence-corrected chi connectivity index (χ1v) is 7.73. The first-order chi connectivity index (χ1) is 8.74. The van der Waals surface area contributed by atoms with E-state index < -0.39 is 0 Å². The van der Waals surface area contributed by atoms with Crippen LogP contribution in [-0.2, 0) is 0 Å². The lowest BCUT2D eigenvalue weighted by Crippen LogP contribution is -2.26. The van der Waals surface area contributed by atoms with Crippen molar-refractivity contribution in [1.29, 1.82) is 0 Å². The standard InChI is InChI=1S/C14H20N2OS/c1-11-8-12(10-17)9-15-14(11)16-6-3-4-13(18-2)5-7-16/h8-10,13H,3-7H2,1-2H3. The molecule has 98 valence electrons. The van der Waals surface area contributed by atoms with Gasteiger partial charge in [0.2, 0.25) is 0 Å². The van der Waals surface area contributed by atoms with Gasteiger partial charge >= 0.3 is 0 Å². The molecule has 1 atom stereocenters. The maximum atomic E-state index is 10.7. The van der Waals surface area contributed by atoms with Crippen molar-refractivity contribution in [1.82, 2.24) is 4.98 Å². The Balaban J connectivity index is 2.13. The van der Waals surface area contributed by atoms with E-state index >= 15 is 0 Å². The molecule has 1 aliphatic heterocycles. The number of aromatic nitrogens is 1. The van der Waals surface area contributed by atoms with Crippen LogP contribution in [0.3, 0.4) is 0 Å². The van der Waals surface area contributed by atoms with Crippen LogP contribution >= 0.6 is 11.8 Å². The molecule has 0 saturated carbocycles. The molecule has 1 unspecified atom stereocenters. The molecule has 4 heteroatoms. The van der Waals surface area contributed by atoms with Crippen molar-refractivity contribution >= 4 is 23.9 Å². The molecular formula is C14H20N2OS. The number of aldehydes is 1. The van der Waals surface area contributed by atoms with Crippen molar-refractivity contribution in [2.75, 3.05) is 24.2 Å². The van der Waals surface area contributed by atoms with E-state index in [1.165, 1.54) is 19.3 Å². The number of carbonyl (C=O) groups is 1. The minimum absolute atomic E-state index is 0.660. The Labute approximate surface area is 113 Å². The predicted molar refractivity (Wildman–Crippen MR) is 77.7 cm³/mol. The summed E-state index contributed by atoms with van der Waals surface area (Å²) in [6, 6.07) is 1.92.